The molecule has 92 valence electrons. The second-order valence-corrected chi connectivity index (χ2v) is 5.34. The smallest absolute Gasteiger partial charge is 0.252 e. The molecule has 1 aromatic rings. The molecule has 4 heteroatoms. The lowest BCUT2D eigenvalue weighted by Crippen LogP contribution is -2.32. The van der Waals surface area contributed by atoms with Crippen LogP contribution in [0, 0.1) is 5.41 Å². The first-order valence-electron chi connectivity index (χ1n) is 6.02. The standard InChI is InChI=1S/C13H19N3O/c1-13(2)7-3-6-10(13)16-12-9(11(14)17)5-4-8-15-12/h4-5,8,10H,3,6-7H2,1-2H3,(H2,14,17)(H,15,16). The Morgan fingerprint density at radius 2 is 2.35 bits per heavy atom. The summed E-state index contributed by atoms with van der Waals surface area (Å²) in [7, 11) is 0. The summed E-state index contributed by atoms with van der Waals surface area (Å²) in [5.41, 5.74) is 6.05. The molecule has 0 spiro atoms. The summed E-state index contributed by atoms with van der Waals surface area (Å²) in [6, 6.07) is 3.79. The first-order chi connectivity index (χ1) is 8.00. The molecule has 1 aliphatic carbocycles. The van der Waals surface area contributed by atoms with Gasteiger partial charge in [0.15, 0.2) is 0 Å². The fourth-order valence-corrected chi connectivity index (χ4v) is 2.48. The fraction of sp³-hybridized carbons (Fsp3) is 0.538. The van der Waals surface area contributed by atoms with Crippen molar-refractivity contribution in [3.8, 4) is 0 Å². The Hall–Kier alpha value is -1.58. The first kappa shape index (κ1) is 11.9. The normalized spacial score (nSPS) is 22.4. The highest BCUT2D eigenvalue weighted by Gasteiger charge is 2.34. The Morgan fingerprint density at radius 3 is 2.94 bits per heavy atom. The van der Waals surface area contributed by atoms with Gasteiger partial charge in [0.2, 0.25) is 0 Å². The summed E-state index contributed by atoms with van der Waals surface area (Å²) in [6.45, 7) is 4.48. The van der Waals surface area contributed by atoms with E-state index in [-0.39, 0.29) is 5.41 Å². The van der Waals surface area contributed by atoms with Crippen molar-refractivity contribution in [2.24, 2.45) is 11.1 Å². The molecule has 1 aliphatic rings. The van der Waals surface area contributed by atoms with Gasteiger partial charge in [-0.25, -0.2) is 4.98 Å². The Bertz CT molecular complexity index is 428. The van der Waals surface area contributed by atoms with Gasteiger partial charge in [0.1, 0.15) is 5.82 Å². The predicted molar refractivity (Wildman–Crippen MR) is 67.8 cm³/mol. The van der Waals surface area contributed by atoms with Gasteiger partial charge in [0.25, 0.3) is 5.91 Å². The van der Waals surface area contributed by atoms with E-state index in [1.54, 1.807) is 18.3 Å². The van der Waals surface area contributed by atoms with Crippen LogP contribution < -0.4 is 11.1 Å². The van der Waals surface area contributed by atoms with Crippen molar-refractivity contribution in [3.63, 3.8) is 0 Å². The average Bonchev–Trinajstić information content (AvgIpc) is 2.59. The number of carbonyl (C=O) groups is 1. The van der Waals surface area contributed by atoms with E-state index in [1.807, 2.05) is 0 Å². The fourth-order valence-electron chi connectivity index (χ4n) is 2.48. The van der Waals surface area contributed by atoms with E-state index in [4.69, 9.17) is 5.73 Å². The highest BCUT2D eigenvalue weighted by Crippen LogP contribution is 2.39. The quantitative estimate of drug-likeness (QED) is 0.840. The zero-order valence-electron chi connectivity index (χ0n) is 10.4. The van der Waals surface area contributed by atoms with Crippen LogP contribution in [0.2, 0.25) is 0 Å². The van der Waals surface area contributed by atoms with E-state index in [1.165, 1.54) is 12.8 Å². The number of amides is 1. The molecule has 4 nitrogen and oxygen atoms in total. The summed E-state index contributed by atoms with van der Waals surface area (Å²) in [4.78, 5) is 15.5. The van der Waals surface area contributed by atoms with E-state index >= 15 is 0 Å². The zero-order chi connectivity index (χ0) is 12.5. The van der Waals surface area contributed by atoms with E-state index in [9.17, 15) is 4.79 Å². The molecular formula is C13H19N3O. The summed E-state index contributed by atoms with van der Waals surface area (Å²) in [5, 5.41) is 3.37. The van der Waals surface area contributed by atoms with Crippen LogP contribution in [0.25, 0.3) is 0 Å². The van der Waals surface area contributed by atoms with Gasteiger partial charge in [-0.1, -0.05) is 20.3 Å². The van der Waals surface area contributed by atoms with Gasteiger partial charge in [-0.05, 0) is 30.4 Å². The van der Waals surface area contributed by atoms with Crippen molar-refractivity contribution in [2.75, 3.05) is 5.32 Å². The Labute approximate surface area is 102 Å². The van der Waals surface area contributed by atoms with E-state index < -0.39 is 5.91 Å². The maximum Gasteiger partial charge on any atom is 0.252 e. The number of hydrogen-bond acceptors (Lipinski definition) is 3. The summed E-state index contributed by atoms with van der Waals surface area (Å²) in [6.07, 6.45) is 5.20. The second kappa shape index (κ2) is 4.35. The minimum absolute atomic E-state index is 0.242. The van der Waals surface area contributed by atoms with Crippen molar-refractivity contribution >= 4 is 11.7 Å². The monoisotopic (exact) mass is 233 g/mol. The second-order valence-electron chi connectivity index (χ2n) is 5.34. The zero-order valence-corrected chi connectivity index (χ0v) is 10.4. The van der Waals surface area contributed by atoms with Crippen LogP contribution in [0.15, 0.2) is 18.3 Å². The molecule has 1 fully saturated rings. The van der Waals surface area contributed by atoms with Gasteiger partial charge < -0.3 is 11.1 Å². The third kappa shape index (κ3) is 2.40. The van der Waals surface area contributed by atoms with Crippen LogP contribution in [0.3, 0.4) is 0 Å². The molecule has 3 N–H and O–H groups in total. The molecule has 0 saturated heterocycles. The number of carbonyl (C=O) groups excluding carboxylic acids is 1. The van der Waals surface area contributed by atoms with Crippen molar-refractivity contribution in [2.45, 2.75) is 39.2 Å². The molecule has 1 aromatic heterocycles. The number of hydrogen-bond donors (Lipinski definition) is 2. The van der Waals surface area contributed by atoms with Gasteiger partial charge in [-0.3, -0.25) is 4.79 Å². The highest BCUT2D eigenvalue weighted by molar-refractivity contribution is 5.97. The number of primary amides is 1. The molecule has 1 heterocycles. The van der Waals surface area contributed by atoms with E-state index in [0.29, 0.717) is 17.4 Å². The van der Waals surface area contributed by atoms with Gasteiger partial charge in [0.05, 0.1) is 5.56 Å². The SMILES string of the molecule is CC1(C)CCCC1Nc1ncccc1C(N)=O. The molecular weight excluding hydrogens is 214 g/mol. The number of anilines is 1. The largest absolute Gasteiger partial charge is 0.366 e. The molecule has 1 saturated carbocycles. The van der Waals surface area contributed by atoms with Crippen molar-refractivity contribution in [1.82, 2.24) is 4.98 Å². The van der Waals surface area contributed by atoms with Crippen molar-refractivity contribution in [3.05, 3.63) is 23.9 Å². The van der Waals surface area contributed by atoms with Crippen LogP contribution in [0.1, 0.15) is 43.5 Å². The maximum absolute atomic E-state index is 11.3. The lowest BCUT2D eigenvalue weighted by Gasteiger charge is -2.28. The molecule has 17 heavy (non-hydrogen) atoms. The Morgan fingerprint density at radius 1 is 1.59 bits per heavy atom. The number of aromatic nitrogens is 1. The summed E-state index contributed by atoms with van der Waals surface area (Å²) in [5.74, 6) is 0.177. The minimum atomic E-state index is -0.434. The Kier molecular flexibility index (Phi) is 3.05. The molecule has 1 unspecified atom stereocenters. The molecule has 0 radical (unpaired) electrons. The van der Waals surface area contributed by atoms with Crippen LogP contribution in [0.4, 0.5) is 5.82 Å². The topological polar surface area (TPSA) is 68.0 Å². The van der Waals surface area contributed by atoms with Crippen molar-refractivity contribution in [1.29, 1.82) is 0 Å². The number of rotatable bonds is 3. The predicted octanol–water partition coefficient (Wildman–Crippen LogP) is 2.17. The lowest BCUT2D eigenvalue weighted by atomic mass is 9.87. The number of pyridine rings is 1. The molecule has 1 atom stereocenters. The third-order valence-corrected chi connectivity index (χ3v) is 3.64. The molecule has 0 aromatic carbocycles. The van der Waals surface area contributed by atoms with Crippen molar-refractivity contribution < 1.29 is 4.79 Å². The first-order valence-corrected chi connectivity index (χ1v) is 6.02. The van der Waals surface area contributed by atoms with Crippen LogP contribution in [-0.2, 0) is 0 Å². The van der Waals surface area contributed by atoms with E-state index in [2.05, 4.69) is 24.1 Å². The average molecular weight is 233 g/mol. The molecule has 0 aliphatic heterocycles. The number of nitrogens with zero attached hydrogens (tertiary/aromatic N) is 1. The highest BCUT2D eigenvalue weighted by atomic mass is 16.1. The van der Waals surface area contributed by atoms with Crippen LogP contribution in [0.5, 0.6) is 0 Å². The number of nitrogens with two attached hydrogens (primary N) is 1. The summed E-state index contributed by atoms with van der Waals surface area (Å²) >= 11 is 0. The van der Waals surface area contributed by atoms with Gasteiger partial charge >= 0.3 is 0 Å². The summed E-state index contributed by atoms with van der Waals surface area (Å²) < 4.78 is 0. The lowest BCUT2D eigenvalue weighted by molar-refractivity contribution is 0.100. The van der Waals surface area contributed by atoms with Crippen LogP contribution >= 0.6 is 0 Å². The van der Waals surface area contributed by atoms with Crippen LogP contribution in [-0.4, -0.2) is 16.9 Å². The van der Waals surface area contributed by atoms with Gasteiger partial charge in [0, 0.05) is 12.2 Å². The van der Waals surface area contributed by atoms with Gasteiger partial charge in [-0.2, -0.15) is 0 Å². The number of nitrogens with one attached hydrogen (secondary N) is 1. The van der Waals surface area contributed by atoms with E-state index in [0.717, 1.165) is 6.42 Å². The third-order valence-electron chi connectivity index (χ3n) is 3.64. The Balaban J connectivity index is 2.21. The molecule has 2 rings (SSSR count). The molecule has 1 amide bonds. The minimum Gasteiger partial charge on any atom is -0.366 e. The molecule has 0 bridgehead atoms. The van der Waals surface area contributed by atoms with Gasteiger partial charge in [-0.15, -0.1) is 0 Å². The maximum atomic E-state index is 11.3.